The second-order valence-electron chi connectivity index (χ2n) is 9.41. The molecule has 1 heterocycles. The lowest BCUT2D eigenvalue weighted by molar-refractivity contribution is -0.120. The predicted molar refractivity (Wildman–Crippen MR) is 159 cm³/mol. The van der Waals surface area contributed by atoms with Gasteiger partial charge in [0.2, 0.25) is 0 Å². The lowest BCUT2D eigenvalue weighted by atomic mass is 10.2. The number of imide groups is 1. The Hall–Kier alpha value is -4.89. The van der Waals surface area contributed by atoms with E-state index in [2.05, 4.69) is 10.6 Å². The molecule has 4 aromatic carbocycles. The van der Waals surface area contributed by atoms with Crippen molar-refractivity contribution >= 4 is 46.5 Å². The quantitative estimate of drug-likeness (QED) is 0.231. The molecule has 1 aliphatic heterocycles. The van der Waals surface area contributed by atoms with Gasteiger partial charge in [-0.2, -0.15) is 0 Å². The van der Waals surface area contributed by atoms with Crippen molar-refractivity contribution in [2.24, 2.45) is 0 Å². The summed E-state index contributed by atoms with van der Waals surface area (Å²) >= 11 is 1.11. The van der Waals surface area contributed by atoms with E-state index in [1.165, 1.54) is 31.4 Å². The molecule has 9 heteroatoms. The van der Waals surface area contributed by atoms with Gasteiger partial charge in [0.15, 0.2) is 0 Å². The Morgan fingerprint density at radius 2 is 1.56 bits per heavy atom. The van der Waals surface area contributed by atoms with Crippen LogP contribution in [0.2, 0.25) is 0 Å². The Morgan fingerprint density at radius 3 is 2.27 bits per heavy atom. The molecule has 0 saturated carbocycles. The highest BCUT2D eigenvalue weighted by Crippen LogP contribution is 2.39. The van der Waals surface area contributed by atoms with Gasteiger partial charge < -0.3 is 15.4 Å². The van der Waals surface area contributed by atoms with Crippen molar-refractivity contribution in [3.05, 3.63) is 124 Å². The second kappa shape index (κ2) is 11.7. The number of nitrogens with zero attached hydrogens (tertiary/aromatic N) is 1. The van der Waals surface area contributed by atoms with Gasteiger partial charge in [-0.05, 0) is 86.1 Å². The molecular weight excluding hydrogens is 541 g/mol. The second-order valence-corrected chi connectivity index (χ2v) is 10.5. The first-order valence-corrected chi connectivity index (χ1v) is 13.5. The molecule has 0 saturated heterocycles. The van der Waals surface area contributed by atoms with Gasteiger partial charge in [0.1, 0.15) is 22.2 Å². The summed E-state index contributed by atoms with van der Waals surface area (Å²) in [5.41, 5.74) is 3.84. The number of halogens is 1. The van der Waals surface area contributed by atoms with E-state index in [9.17, 15) is 18.8 Å². The number of hydrogen-bond donors (Lipinski definition) is 2. The van der Waals surface area contributed by atoms with Gasteiger partial charge in [-0.15, -0.1) is 0 Å². The van der Waals surface area contributed by atoms with Crippen molar-refractivity contribution in [2.75, 3.05) is 22.6 Å². The van der Waals surface area contributed by atoms with Crippen molar-refractivity contribution in [3.63, 3.8) is 0 Å². The van der Waals surface area contributed by atoms with Crippen LogP contribution in [0.1, 0.15) is 21.5 Å². The van der Waals surface area contributed by atoms with Gasteiger partial charge in [-0.25, -0.2) is 9.29 Å². The molecule has 1 aliphatic rings. The van der Waals surface area contributed by atoms with E-state index in [1.807, 2.05) is 38.1 Å². The number of nitrogens with one attached hydrogen (secondary N) is 2. The number of anilines is 3. The number of carbonyl (C=O) groups excluding carboxylic acids is 3. The fourth-order valence-electron chi connectivity index (χ4n) is 4.26. The van der Waals surface area contributed by atoms with Crippen LogP contribution in [0.3, 0.4) is 0 Å². The molecule has 0 radical (unpaired) electrons. The molecule has 2 N–H and O–H groups in total. The lowest BCUT2D eigenvalue weighted by Gasteiger charge is -2.16. The number of aryl methyl sites for hydroxylation is 2. The zero-order chi connectivity index (χ0) is 29.1. The minimum atomic E-state index is -0.495. The van der Waals surface area contributed by atoms with Crippen molar-refractivity contribution in [1.82, 2.24) is 0 Å². The molecule has 5 rings (SSSR count). The van der Waals surface area contributed by atoms with Gasteiger partial charge in [0.25, 0.3) is 17.7 Å². The largest absolute Gasteiger partial charge is 0.495 e. The Morgan fingerprint density at radius 1 is 0.854 bits per heavy atom. The Labute approximate surface area is 241 Å². The third-order valence-electron chi connectivity index (χ3n) is 6.37. The predicted octanol–water partition coefficient (Wildman–Crippen LogP) is 6.69. The van der Waals surface area contributed by atoms with Crippen LogP contribution in [0, 0.1) is 19.7 Å². The molecule has 4 aromatic rings. The van der Waals surface area contributed by atoms with Crippen LogP contribution in [-0.4, -0.2) is 24.8 Å². The minimum absolute atomic E-state index is 0.116. The fraction of sp³-hybridized carbons (Fsp3) is 0.0938. The van der Waals surface area contributed by atoms with Crippen LogP contribution < -0.4 is 20.3 Å². The van der Waals surface area contributed by atoms with Gasteiger partial charge >= 0.3 is 0 Å². The van der Waals surface area contributed by atoms with Crippen LogP contribution in [0.4, 0.5) is 21.5 Å². The van der Waals surface area contributed by atoms with Crippen LogP contribution in [0.25, 0.3) is 0 Å². The van der Waals surface area contributed by atoms with Crippen LogP contribution in [0.15, 0.2) is 106 Å². The maximum Gasteiger partial charge on any atom is 0.283 e. The number of rotatable bonds is 8. The van der Waals surface area contributed by atoms with Gasteiger partial charge in [0.05, 0.1) is 18.5 Å². The summed E-state index contributed by atoms with van der Waals surface area (Å²) < 4.78 is 18.7. The molecule has 0 aromatic heterocycles. The fourth-order valence-corrected chi connectivity index (χ4v) is 5.24. The van der Waals surface area contributed by atoms with E-state index in [4.69, 9.17) is 4.74 Å². The van der Waals surface area contributed by atoms with Crippen molar-refractivity contribution in [2.45, 2.75) is 18.7 Å². The summed E-state index contributed by atoms with van der Waals surface area (Å²) in [6.45, 7) is 3.84. The van der Waals surface area contributed by atoms with Crippen molar-refractivity contribution in [3.8, 4) is 5.75 Å². The average molecular weight is 568 g/mol. The van der Waals surface area contributed by atoms with Crippen LogP contribution in [0.5, 0.6) is 5.75 Å². The molecule has 206 valence electrons. The maximum absolute atomic E-state index is 13.8. The van der Waals surface area contributed by atoms with Gasteiger partial charge in [-0.3, -0.25) is 14.4 Å². The van der Waals surface area contributed by atoms with E-state index in [-0.39, 0.29) is 10.6 Å². The maximum atomic E-state index is 13.8. The molecular formula is C32H26FN3O4S. The molecule has 0 fully saturated rings. The Balaban J connectivity index is 1.48. The molecule has 0 bridgehead atoms. The zero-order valence-electron chi connectivity index (χ0n) is 22.5. The zero-order valence-corrected chi connectivity index (χ0v) is 23.3. The highest BCUT2D eigenvalue weighted by molar-refractivity contribution is 8.04. The molecule has 0 aliphatic carbocycles. The molecule has 3 amide bonds. The minimum Gasteiger partial charge on any atom is -0.495 e. The van der Waals surface area contributed by atoms with E-state index in [0.29, 0.717) is 33.3 Å². The topological polar surface area (TPSA) is 87.7 Å². The summed E-state index contributed by atoms with van der Waals surface area (Å²) in [4.78, 5) is 42.1. The van der Waals surface area contributed by atoms with Crippen molar-refractivity contribution < 1.29 is 23.5 Å². The normalized spacial score (nSPS) is 13.0. The monoisotopic (exact) mass is 567 g/mol. The number of hydrogen-bond acceptors (Lipinski definition) is 6. The van der Waals surface area contributed by atoms with E-state index in [1.54, 1.807) is 42.5 Å². The summed E-state index contributed by atoms with van der Waals surface area (Å²) in [7, 11) is 1.53. The number of benzene rings is 4. The summed E-state index contributed by atoms with van der Waals surface area (Å²) in [6.07, 6.45) is 0. The molecule has 41 heavy (non-hydrogen) atoms. The summed E-state index contributed by atoms with van der Waals surface area (Å²) in [5.74, 6) is -1.29. The smallest absolute Gasteiger partial charge is 0.283 e. The molecule has 0 spiro atoms. The number of methoxy groups -OCH3 is 1. The third-order valence-corrected chi connectivity index (χ3v) is 7.44. The first kappa shape index (κ1) is 27.7. The number of amides is 3. The lowest BCUT2D eigenvalue weighted by Crippen LogP contribution is -2.32. The number of carbonyl (C=O) groups is 3. The highest BCUT2D eigenvalue weighted by Gasteiger charge is 2.40. The Kier molecular flexibility index (Phi) is 7.89. The van der Waals surface area contributed by atoms with Gasteiger partial charge in [0, 0.05) is 16.1 Å². The number of thioether (sulfide) groups is 1. The molecule has 0 unspecified atom stereocenters. The van der Waals surface area contributed by atoms with E-state index in [0.717, 1.165) is 27.8 Å². The van der Waals surface area contributed by atoms with E-state index >= 15 is 0 Å². The van der Waals surface area contributed by atoms with Crippen LogP contribution in [-0.2, 0) is 9.59 Å². The summed E-state index contributed by atoms with van der Waals surface area (Å²) in [5, 5.41) is 5.95. The number of ether oxygens (including phenoxy) is 1. The Bertz CT molecular complexity index is 1680. The average Bonchev–Trinajstić information content (AvgIpc) is 3.18. The van der Waals surface area contributed by atoms with Crippen LogP contribution >= 0.6 is 11.8 Å². The van der Waals surface area contributed by atoms with Crippen molar-refractivity contribution in [1.29, 1.82) is 0 Å². The molecule has 0 atom stereocenters. The first-order valence-electron chi connectivity index (χ1n) is 12.7. The summed E-state index contributed by atoms with van der Waals surface area (Å²) in [6, 6.07) is 24.8. The third kappa shape index (κ3) is 6.00. The SMILES string of the molecule is COc1ccc(C)cc1NC1=C(Sc2cccc(NC(=O)c3ccc(F)cc3)c2)C(=O)N(c2ccc(C)cc2)C1=O. The van der Waals surface area contributed by atoms with E-state index < -0.39 is 23.5 Å². The van der Waals surface area contributed by atoms with Gasteiger partial charge in [-0.1, -0.05) is 41.6 Å². The highest BCUT2D eigenvalue weighted by atomic mass is 32.2. The first-order chi connectivity index (χ1) is 19.7. The molecule has 7 nitrogen and oxygen atoms in total. The standard InChI is InChI=1S/C32H26FN3O4S/c1-19-7-14-24(15-8-19)36-31(38)28(35-26-17-20(2)9-16-27(26)40-3)29(32(36)39)41-25-6-4-5-23(18-25)34-30(37)21-10-12-22(33)13-11-21/h4-18,35H,1-3H3,(H,34,37).